The second kappa shape index (κ2) is 7.80. The van der Waals surface area contributed by atoms with Gasteiger partial charge in [-0.1, -0.05) is 65.0 Å². The molecule has 1 aromatic carbocycles. The summed E-state index contributed by atoms with van der Waals surface area (Å²) in [6.45, 7) is 11.5. The van der Waals surface area contributed by atoms with E-state index in [-0.39, 0.29) is 12.0 Å². The fourth-order valence-corrected chi connectivity index (χ4v) is 2.58. The van der Waals surface area contributed by atoms with Crippen molar-refractivity contribution in [3.63, 3.8) is 0 Å². The molecular formula is C18H31NO. The van der Waals surface area contributed by atoms with Gasteiger partial charge in [-0.05, 0) is 29.7 Å². The van der Waals surface area contributed by atoms with Crippen LogP contribution in [0.5, 0.6) is 0 Å². The van der Waals surface area contributed by atoms with Crippen molar-refractivity contribution < 1.29 is 5.11 Å². The zero-order chi connectivity index (χ0) is 15.2. The second-order valence-electron chi connectivity index (χ2n) is 7.26. The van der Waals surface area contributed by atoms with E-state index in [1.165, 1.54) is 5.56 Å². The van der Waals surface area contributed by atoms with Crippen molar-refractivity contribution >= 4 is 0 Å². The van der Waals surface area contributed by atoms with E-state index in [2.05, 4.69) is 70.3 Å². The van der Waals surface area contributed by atoms with Gasteiger partial charge in [-0.15, -0.1) is 0 Å². The van der Waals surface area contributed by atoms with Crippen LogP contribution < -0.4 is 5.32 Å². The molecule has 2 nitrogen and oxygen atoms in total. The van der Waals surface area contributed by atoms with Crippen molar-refractivity contribution in [2.45, 2.75) is 59.5 Å². The minimum atomic E-state index is 0.243. The van der Waals surface area contributed by atoms with Crippen LogP contribution in [0.25, 0.3) is 0 Å². The lowest BCUT2D eigenvalue weighted by molar-refractivity contribution is 0.218. The third-order valence-electron chi connectivity index (χ3n) is 3.68. The molecule has 0 aliphatic carbocycles. The van der Waals surface area contributed by atoms with Gasteiger partial charge in [-0.25, -0.2) is 0 Å². The highest BCUT2D eigenvalue weighted by Crippen LogP contribution is 2.30. The zero-order valence-electron chi connectivity index (χ0n) is 13.7. The van der Waals surface area contributed by atoms with Gasteiger partial charge < -0.3 is 10.4 Å². The molecule has 1 rings (SSSR count). The van der Waals surface area contributed by atoms with Crippen LogP contribution in [0.1, 0.15) is 59.1 Å². The molecule has 0 aromatic heterocycles. The van der Waals surface area contributed by atoms with Crippen molar-refractivity contribution in [3.8, 4) is 0 Å². The van der Waals surface area contributed by atoms with Gasteiger partial charge in [-0.2, -0.15) is 0 Å². The predicted octanol–water partition coefficient (Wildman–Crippen LogP) is 4.16. The standard InChI is InChI=1S/C18H31NO/c1-14(2)16(11-12-20)19-17(13-18(3,4)5)15-9-7-6-8-10-15/h6-10,14,16-17,19-20H,11-13H2,1-5H3. The van der Waals surface area contributed by atoms with Crippen LogP contribution in [0.15, 0.2) is 30.3 Å². The molecule has 0 aliphatic heterocycles. The molecule has 20 heavy (non-hydrogen) atoms. The monoisotopic (exact) mass is 277 g/mol. The summed E-state index contributed by atoms with van der Waals surface area (Å²) in [6.07, 6.45) is 1.90. The SMILES string of the molecule is CC(C)C(CCO)NC(CC(C)(C)C)c1ccccc1. The Balaban J connectivity index is 2.87. The smallest absolute Gasteiger partial charge is 0.0445 e. The van der Waals surface area contributed by atoms with E-state index >= 15 is 0 Å². The van der Waals surface area contributed by atoms with Crippen LogP contribution in [-0.4, -0.2) is 17.8 Å². The first-order chi connectivity index (χ1) is 9.33. The highest BCUT2D eigenvalue weighted by Gasteiger charge is 2.23. The molecule has 114 valence electrons. The number of rotatable bonds is 7. The maximum absolute atomic E-state index is 9.26. The van der Waals surface area contributed by atoms with Crippen LogP contribution in [0.3, 0.4) is 0 Å². The van der Waals surface area contributed by atoms with Crippen molar-refractivity contribution in [1.82, 2.24) is 5.32 Å². The van der Waals surface area contributed by atoms with Crippen LogP contribution in [-0.2, 0) is 0 Å². The summed E-state index contributed by atoms with van der Waals surface area (Å²) in [6, 6.07) is 11.3. The highest BCUT2D eigenvalue weighted by molar-refractivity contribution is 5.19. The summed E-state index contributed by atoms with van der Waals surface area (Å²) < 4.78 is 0. The van der Waals surface area contributed by atoms with Crippen LogP contribution in [0.2, 0.25) is 0 Å². The van der Waals surface area contributed by atoms with E-state index in [0.717, 1.165) is 12.8 Å². The van der Waals surface area contributed by atoms with Gasteiger partial charge in [0, 0.05) is 18.7 Å². The molecule has 2 unspecified atom stereocenters. The molecule has 2 atom stereocenters. The predicted molar refractivity (Wildman–Crippen MR) is 86.7 cm³/mol. The third kappa shape index (κ3) is 6.06. The summed E-state index contributed by atoms with van der Waals surface area (Å²) in [5.41, 5.74) is 1.61. The van der Waals surface area contributed by atoms with Crippen molar-refractivity contribution in [2.75, 3.05) is 6.61 Å². The van der Waals surface area contributed by atoms with Crippen molar-refractivity contribution in [2.24, 2.45) is 11.3 Å². The minimum Gasteiger partial charge on any atom is -0.396 e. The van der Waals surface area contributed by atoms with E-state index in [9.17, 15) is 5.11 Å². The maximum atomic E-state index is 9.26. The Hall–Kier alpha value is -0.860. The summed E-state index contributed by atoms with van der Waals surface area (Å²) in [4.78, 5) is 0. The van der Waals surface area contributed by atoms with Gasteiger partial charge in [0.05, 0.1) is 0 Å². The maximum Gasteiger partial charge on any atom is 0.0445 e. The topological polar surface area (TPSA) is 32.3 Å². The van der Waals surface area contributed by atoms with E-state index in [1.54, 1.807) is 0 Å². The lowest BCUT2D eigenvalue weighted by Gasteiger charge is -2.32. The van der Waals surface area contributed by atoms with Crippen LogP contribution in [0.4, 0.5) is 0 Å². The van der Waals surface area contributed by atoms with E-state index in [0.29, 0.717) is 18.0 Å². The fraction of sp³-hybridized carbons (Fsp3) is 0.667. The molecule has 0 aliphatic rings. The molecule has 0 saturated heterocycles. The van der Waals surface area contributed by atoms with E-state index < -0.39 is 0 Å². The average Bonchev–Trinajstić information content (AvgIpc) is 2.36. The van der Waals surface area contributed by atoms with Gasteiger partial charge >= 0.3 is 0 Å². The number of hydrogen-bond donors (Lipinski definition) is 2. The molecule has 2 heteroatoms. The summed E-state index contributed by atoms with van der Waals surface area (Å²) >= 11 is 0. The van der Waals surface area contributed by atoms with Gasteiger partial charge in [-0.3, -0.25) is 0 Å². The highest BCUT2D eigenvalue weighted by atomic mass is 16.3. The lowest BCUT2D eigenvalue weighted by Crippen LogP contribution is -2.39. The fourth-order valence-electron chi connectivity index (χ4n) is 2.58. The number of aliphatic hydroxyl groups excluding tert-OH is 1. The molecule has 0 heterocycles. The summed E-state index contributed by atoms with van der Waals surface area (Å²) in [7, 11) is 0. The van der Waals surface area contributed by atoms with Gasteiger partial charge in [0.2, 0.25) is 0 Å². The Morgan fingerprint density at radius 2 is 1.70 bits per heavy atom. The second-order valence-corrected chi connectivity index (χ2v) is 7.26. The molecule has 0 spiro atoms. The van der Waals surface area contributed by atoms with E-state index in [4.69, 9.17) is 0 Å². The molecule has 1 aromatic rings. The number of aliphatic hydroxyl groups is 1. The Labute approximate surface area is 124 Å². The molecule has 2 N–H and O–H groups in total. The van der Waals surface area contributed by atoms with E-state index in [1.807, 2.05) is 0 Å². The number of benzene rings is 1. The first-order valence-electron chi connectivity index (χ1n) is 7.75. The lowest BCUT2D eigenvalue weighted by atomic mass is 9.84. The van der Waals surface area contributed by atoms with Crippen molar-refractivity contribution in [3.05, 3.63) is 35.9 Å². The van der Waals surface area contributed by atoms with Crippen LogP contribution in [0, 0.1) is 11.3 Å². The third-order valence-corrected chi connectivity index (χ3v) is 3.68. The quantitative estimate of drug-likeness (QED) is 0.784. The van der Waals surface area contributed by atoms with Gasteiger partial charge in [0.15, 0.2) is 0 Å². The van der Waals surface area contributed by atoms with Gasteiger partial charge in [0.25, 0.3) is 0 Å². The van der Waals surface area contributed by atoms with Crippen LogP contribution >= 0.6 is 0 Å². The molecule has 0 fully saturated rings. The Morgan fingerprint density at radius 3 is 2.15 bits per heavy atom. The minimum absolute atomic E-state index is 0.243. The molecule has 0 bridgehead atoms. The average molecular weight is 277 g/mol. The Kier molecular flexibility index (Phi) is 6.70. The number of nitrogens with one attached hydrogen (secondary N) is 1. The Bertz CT molecular complexity index is 367. The largest absolute Gasteiger partial charge is 0.396 e. The van der Waals surface area contributed by atoms with Gasteiger partial charge in [0.1, 0.15) is 0 Å². The Morgan fingerprint density at radius 1 is 1.10 bits per heavy atom. The summed E-state index contributed by atoms with van der Waals surface area (Å²) in [5.74, 6) is 0.522. The summed E-state index contributed by atoms with van der Waals surface area (Å²) in [5, 5.41) is 13.0. The molecular weight excluding hydrogens is 246 g/mol. The molecule has 0 radical (unpaired) electrons. The zero-order valence-corrected chi connectivity index (χ0v) is 13.7. The first-order valence-corrected chi connectivity index (χ1v) is 7.75. The normalized spacial score (nSPS) is 15.3. The molecule has 0 saturated carbocycles. The van der Waals surface area contributed by atoms with Crippen molar-refractivity contribution in [1.29, 1.82) is 0 Å². The number of hydrogen-bond acceptors (Lipinski definition) is 2. The first kappa shape index (κ1) is 17.2. The molecule has 0 amide bonds.